The Morgan fingerprint density at radius 3 is 2.56 bits per heavy atom. The van der Waals surface area contributed by atoms with Crippen molar-refractivity contribution in [3.8, 4) is 0 Å². The number of aryl methyl sites for hydroxylation is 2. The topological polar surface area (TPSA) is 50.3 Å². The molecule has 1 aromatic heterocycles. The Morgan fingerprint density at radius 1 is 1.38 bits per heavy atom. The zero-order valence-corrected chi connectivity index (χ0v) is 10.7. The summed E-state index contributed by atoms with van der Waals surface area (Å²) >= 11 is 3.42. The van der Waals surface area contributed by atoms with E-state index in [0.717, 1.165) is 15.7 Å². The first-order valence-corrected chi connectivity index (χ1v) is 5.74. The lowest BCUT2D eigenvalue weighted by atomic mass is 10.2. The molecule has 0 spiro atoms. The van der Waals surface area contributed by atoms with E-state index in [1.807, 2.05) is 19.9 Å². The molecule has 0 unspecified atom stereocenters. The van der Waals surface area contributed by atoms with Crippen LogP contribution < -0.4 is 4.90 Å². The van der Waals surface area contributed by atoms with Gasteiger partial charge in [-0.1, -0.05) is 0 Å². The van der Waals surface area contributed by atoms with E-state index in [-0.39, 0.29) is 24.7 Å². The highest BCUT2D eigenvalue weighted by Gasteiger charge is 2.29. The Hall–Kier alpha value is -1.23. The lowest BCUT2D eigenvalue weighted by Gasteiger charge is -2.15. The normalized spacial score (nSPS) is 16.1. The first-order chi connectivity index (χ1) is 7.49. The summed E-state index contributed by atoms with van der Waals surface area (Å²) in [7, 11) is 0. The Labute approximate surface area is 102 Å². The predicted molar refractivity (Wildman–Crippen MR) is 63.4 cm³/mol. The van der Waals surface area contributed by atoms with Gasteiger partial charge in [0.1, 0.15) is 5.82 Å². The van der Waals surface area contributed by atoms with Crippen LogP contribution in [0.15, 0.2) is 10.5 Å². The Kier molecular flexibility index (Phi) is 2.80. The second-order valence-electron chi connectivity index (χ2n) is 3.89. The summed E-state index contributed by atoms with van der Waals surface area (Å²) in [5, 5.41) is 0. The van der Waals surface area contributed by atoms with Crippen molar-refractivity contribution in [1.82, 2.24) is 4.98 Å². The van der Waals surface area contributed by atoms with E-state index in [1.54, 1.807) is 0 Å². The number of hydrogen-bond acceptors (Lipinski definition) is 3. The highest BCUT2D eigenvalue weighted by atomic mass is 79.9. The van der Waals surface area contributed by atoms with Gasteiger partial charge in [0.2, 0.25) is 5.91 Å². The third-order valence-corrected chi connectivity index (χ3v) is 3.75. The highest BCUT2D eigenvalue weighted by Crippen LogP contribution is 2.25. The Balaban J connectivity index is 2.42. The number of hydrogen-bond donors (Lipinski definition) is 0. The smallest absolute Gasteiger partial charge is 0.236 e. The average molecular weight is 283 g/mol. The second kappa shape index (κ2) is 3.97. The molecule has 0 radical (unpaired) electrons. The van der Waals surface area contributed by atoms with Crippen molar-refractivity contribution < 1.29 is 9.59 Å². The van der Waals surface area contributed by atoms with E-state index in [2.05, 4.69) is 20.9 Å². The van der Waals surface area contributed by atoms with Crippen LogP contribution in [0, 0.1) is 13.8 Å². The van der Waals surface area contributed by atoms with Crippen molar-refractivity contribution in [1.29, 1.82) is 0 Å². The Morgan fingerprint density at radius 2 is 2.06 bits per heavy atom. The molecule has 0 aromatic carbocycles. The molecule has 1 saturated heterocycles. The first-order valence-electron chi connectivity index (χ1n) is 4.95. The lowest BCUT2D eigenvalue weighted by Crippen LogP contribution is -2.25. The van der Waals surface area contributed by atoms with Crippen LogP contribution in [0.2, 0.25) is 0 Å². The summed E-state index contributed by atoms with van der Waals surface area (Å²) in [4.78, 5) is 28.5. The van der Waals surface area contributed by atoms with Crippen LogP contribution in [0.3, 0.4) is 0 Å². The quantitative estimate of drug-likeness (QED) is 0.738. The molecule has 2 heterocycles. The third kappa shape index (κ3) is 1.87. The minimum atomic E-state index is -0.168. The average Bonchev–Trinajstić information content (AvgIpc) is 2.53. The van der Waals surface area contributed by atoms with Gasteiger partial charge in [0, 0.05) is 4.47 Å². The molecule has 0 bridgehead atoms. The molecule has 0 aliphatic carbocycles. The zero-order valence-electron chi connectivity index (χ0n) is 9.08. The van der Waals surface area contributed by atoms with Crippen molar-refractivity contribution in [2.75, 3.05) is 11.4 Å². The Bertz CT molecular complexity index is 462. The fourth-order valence-corrected chi connectivity index (χ4v) is 1.93. The van der Waals surface area contributed by atoms with Gasteiger partial charge < -0.3 is 0 Å². The molecule has 0 saturated carbocycles. The number of aromatic nitrogens is 1. The van der Waals surface area contributed by atoms with Crippen molar-refractivity contribution >= 4 is 33.4 Å². The molecule has 0 N–H and O–H groups in total. The van der Waals surface area contributed by atoms with Crippen LogP contribution >= 0.6 is 15.9 Å². The number of carbonyl (C=O) groups excluding carboxylic acids is 2. The van der Waals surface area contributed by atoms with Crippen LogP contribution in [0.4, 0.5) is 5.82 Å². The van der Waals surface area contributed by atoms with Crippen molar-refractivity contribution in [3.63, 3.8) is 0 Å². The van der Waals surface area contributed by atoms with Gasteiger partial charge in [-0.25, -0.2) is 4.98 Å². The van der Waals surface area contributed by atoms with E-state index in [1.165, 1.54) is 4.90 Å². The summed E-state index contributed by atoms with van der Waals surface area (Å²) in [6, 6.07) is 1.81. The summed E-state index contributed by atoms with van der Waals surface area (Å²) < 4.78 is 0.939. The van der Waals surface area contributed by atoms with Gasteiger partial charge in [-0.05, 0) is 41.4 Å². The first kappa shape index (κ1) is 11.3. The summed E-state index contributed by atoms with van der Waals surface area (Å²) in [6.45, 7) is 3.94. The number of carbonyl (C=O) groups is 2. The maximum Gasteiger partial charge on any atom is 0.236 e. The molecule has 4 nitrogen and oxygen atoms in total. The molecule has 1 fully saturated rings. The van der Waals surface area contributed by atoms with Gasteiger partial charge in [0.05, 0.1) is 18.7 Å². The second-order valence-corrected chi connectivity index (χ2v) is 4.69. The van der Waals surface area contributed by atoms with Crippen LogP contribution in [-0.2, 0) is 9.59 Å². The molecule has 2 rings (SSSR count). The highest BCUT2D eigenvalue weighted by molar-refractivity contribution is 9.10. The number of rotatable bonds is 1. The summed E-state index contributed by atoms with van der Waals surface area (Å²) in [5.74, 6) is 0.345. The molecular formula is C11H11BrN2O2. The number of halogens is 1. The SMILES string of the molecule is Cc1cc(N2CC(=O)CC2=O)nc(C)c1Br. The minimum Gasteiger partial charge on any atom is -0.297 e. The molecule has 1 aliphatic rings. The fourth-order valence-electron chi connectivity index (χ4n) is 1.73. The summed E-state index contributed by atoms with van der Waals surface area (Å²) in [6.07, 6.45) is -0.00413. The van der Waals surface area contributed by atoms with Crippen LogP contribution in [0.5, 0.6) is 0 Å². The standard InChI is InChI=1S/C11H11BrN2O2/c1-6-3-9(13-7(2)11(6)12)14-5-8(15)4-10(14)16/h3H,4-5H2,1-2H3. The van der Waals surface area contributed by atoms with Gasteiger partial charge in [0.15, 0.2) is 5.78 Å². The maximum atomic E-state index is 11.5. The summed E-state index contributed by atoms with van der Waals surface area (Å²) in [5.41, 5.74) is 1.83. The largest absolute Gasteiger partial charge is 0.297 e. The predicted octanol–water partition coefficient (Wildman–Crippen LogP) is 1.77. The number of ketones is 1. The van der Waals surface area contributed by atoms with E-state index in [4.69, 9.17) is 0 Å². The van der Waals surface area contributed by atoms with Crippen LogP contribution in [0.1, 0.15) is 17.7 Å². The number of pyridine rings is 1. The number of amides is 1. The molecule has 5 heteroatoms. The fraction of sp³-hybridized carbons (Fsp3) is 0.364. The molecule has 1 amide bonds. The van der Waals surface area contributed by atoms with Gasteiger partial charge >= 0.3 is 0 Å². The molecule has 0 atom stereocenters. The van der Waals surface area contributed by atoms with E-state index < -0.39 is 0 Å². The van der Waals surface area contributed by atoms with Gasteiger partial charge in [-0.2, -0.15) is 0 Å². The zero-order chi connectivity index (χ0) is 11.9. The molecule has 1 aliphatic heterocycles. The van der Waals surface area contributed by atoms with Crippen LogP contribution in [-0.4, -0.2) is 23.2 Å². The molecule has 84 valence electrons. The van der Waals surface area contributed by atoms with Crippen molar-refractivity contribution in [2.45, 2.75) is 20.3 Å². The number of anilines is 1. The van der Waals surface area contributed by atoms with Gasteiger partial charge in [0.25, 0.3) is 0 Å². The lowest BCUT2D eigenvalue weighted by molar-refractivity contribution is -0.121. The van der Waals surface area contributed by atoms with E-state index >= 15 is 0 Å². The monoisotopic (exact) mass is 282 g/mol. The number of Topliss-reactive ketones (excluding diaryl/α,β-unsaturated/α-hetero) is 1. The molecule has 1 aromatic rings. The maximum absolute atomic E-state index is 11.5. The van der Waals surface area contributed by atoms with E-state index in [0.29, 0.717) is 5.82 Å². The molecular weight excluding hydrogens is 272 g/mol. The number of nitrogens with zero attached hydrogens (tertiary/aromatic N) is 2. The van der Waals surface area contributed by atoms with Crippen LogP contribution in [0.25, 0.3) is 0 Å². The van der Waals surface area contributed by atoms with Crippen molar-refractivity contribution in [3.05, 3.63) is 21.8 Å². The van der Waals surface area contributed by atoms with Crippen molar-refractivity contribution in [2.24, 2.45) is 0 Å². The van der Waals surface area contributed by atoms with Gasteiger partial charge in [-0.3, -0.25) is 14.5 Å². The molecule has 16 heavy (non-hydrogen) atoms. The van der Waals surface area contributed by atoms with Gasteiger partial charge in [-0.15, -0.1) is 0 Å². The van der Waals surface area contributed by atoms with E-state index in [9.17, 15) is 9.59 Å². The third-order valence-electron chi connectivity index (χ3n) is 2.55. The minimum absolute atomic E-state index is 0.00413.